The maximum absolute atomic E-state index is 10.6. The van der Waals surface area contributed by atoms with Gasteiger partial charge in [0.05, 0.1) is 12.5 Å². The van der Waals surface area contributed by atoms with E-state index in [9.17, 15) is 4.79 Å². The first-order chi connectivity index (χ1) is 6.57. The van der Waals surface area contributed by atoms with Crippen LogP contribution in [0.2, 0.25) is 0 Å². The van der Waals surface area contributed by atoms with Crippen molar-refractivity contribution in [3.63, 3.8) is 0 Å². The van der Waals surface area contributed by atoms with E-state index in [2.05, 4.69) is 9.99 Å². The Morgan fingerprint density at radius 1 is 1.64 bits per heavy atom. The Bertz CT molecular complexity index is 253. The van der Waals surface area contributed by atoms with Crippen LogP contribution >= 0.6 is 0 Å². The fourth-order valence-corrected chi connectivity index (χ4v) is 0.765. The van der Waals surface area contributed by atoms with Gasteiger partial charge in [-0.1, -0.05) is 19.0 Å². The highest BCUT2D eigenvalue weighted by Crippen LogP contribution is 2.02. The number of rotatable bonds is 6. The lowest BCUT2D eigenvalue weighted by Crippen LogP contribution is -2.16. The summed E-state index contributed by atoms with van der Waals surface area (Å²) in [4.78, 5) is 15.3. The van der Waals surface area contributed by atoms with E-state index in [0.717, 1.165) is 0 Å². The molecule has 0 aromatic rings. The molecule has 14 heavy (non-hydrogen) atoms. The average molecular weight is 198 g/mol. The van der Waals surface area contributed by atoms with Gasteiger partial charge in [-0.15, -0.1) is 0 Å². The monoisotopic (exact) mass is 198 g/mol. The van der Waals surface area contributed by atoms with Gasteiger partial charge in [0.25, 0.3) is 0 Å². The van der Waals surface area contributed by atoms with Crippen molar-refractivity contribution >= 4 is 11.7 Å². The molecule has 0 atom stereocenters. The van der Waals surface area contributed by atoms with Gasteiger partial charge in [-0.25, -0.2) is 4.79 Å². The van der Waals surface area contributed by atoms with Crippen molar-refractivity contribution in [3.05, 3.63) is 0 Å². The van der Waals surface area contributed by atoms with E-state index < -0.39 is 5.97 Å². The number of carboxylic acid groups (broad SMARTS) is 1. The third-order valence-electron chi connectivity index (χ3n) is 1.33. The molecule has 0 unspecified atom stereocenters. The van der Waals surface area contributed by atoms with E-state index in [-0.39, 0.29) is 24.7 Å². The first-order valence-electron chi connectivity index (χ1n) is 4.37. The van der Waals surface area contributed by atoms with Gasteiger partial charge >= 0.3 is 5.97 Å². The fourth-order valence-electron chi connectivity index (χ4n) is 0.765. The molecule has 0 aliphatic heterocycles. The summed E-state index contributed by atoms with van der Waals surface area (Å²) in [6, 6.07) is 1.87. The van der Waals surface area contributed by atoms with Gasteiger partial charge in [0.2, 0.25) is 0 Å². The SMILES string of the molecule is CC(C)C/C(=N/OCCC#N)C(=O)O. The average Bonchev–Trinajstić information content (AvgIpc) is 2.09. The maximum atomic E-state index is 10.6. The van der Waals surface area contributed by atoms with Gasteiger partial charge in [-0.3, -0.25) is 0 Å². The van der Waals surface area contributed by atoms with Gasteiger partial charge < -0.3 is 9.94 Å². The van der Waals surface area contributed by atoms with Crippen molar-refractivity contribution in [3.8, 4) is 6.07 Å². The van der Waals surface area contributed by atoms with E-state index in [1.165, 1.54) is 0 Å². The highest BCUT2D eigenvalue weighted by molar-refractivity contribution is 6.35. The van der Waals surface area contributed by atoms with Crippen LogP contribution in [0.3, 0.4) is 0 Å². The van der Waals surface area contributed by atoms with Gasteiger partial charge in [-0.05, 0) is 5.92 Å². The van der Waals surface area contributed by atoms with Crippen LogP contribution in [0.1, 0.15) is 26.7 Å². The minimum atomic E-state index is -1.07. The molecule has 0 bridgehead atoms. The lowest BCUT2D eigenvalue weighted by molar-refractivity contribution is -0.129. The van der Waals surface area contributed by atoms with Crippen LogP contribution in [0.15, 0.2) is 5.16 Å². The van der Waals surface area contributed by atoms with E-state index in [1.54, 1.807) is 0 Å². The second-order valence-corrected chi connectivity index (χ2v) is 3.18. The molecular weight excluding hydrogens is 184 g/mol. The number of hydrogen-bond acceptors (Lipinski definition) is 4. The topological polar surface area (TPSA) is 82.7 Å². The minimum absolute atomic E-state index is 0.00191. The highest BCUT2D eigenvalue weighted by atomic mass is 16.6. The van der Waals surface area contributed by atoms with Crippen LogP contribution in [0.5, 0.6) is 0 Å². The molecule has 0 fully saturated rings. The third kappa shape index (κ3) is 6.00. The van der Waals surface area contributed by atoms with Crippen LogP contribution in [-0.2, 0) is 9.63 Å². The van der Waals surface area contributed by atoms with Gasteiger partial charge in [0, 0.05) is 6.42 Å². The van der Waals surface area contributed by atoms with Crippen LogP contribution in [0.25, 0.3) is 0 Å². The molecule has 0 saturated carbocycles. The molecule has 0 spiro atoms. The highest BCUT2D eigenvalue weighted by Gasteiger charge is 2.12. The Kier molecular flexibility index (Phi) is 6.12. The van der Waals surface area contributed by atoms with Crippen molar-refractivity contribution in [2.24, 2.45) is 11.1 Å². The Morgan fingerprint density at radius 2 is 2.29 bits per heavy atom. The summed E-state index contributed by atoms with van der Waals surface area (Å²) in [5.74, 6) is -0.861. The summed E-state index contributed by atoms with van der Waals surface area (Å²) < 4.78 is 0. The molecule has 78 valence electrons. The van der Waals surface area contributed by atoms with E-state index in [0.29, 0.717) is 6.42 Å². The zero-order chi connectivity index (χ0) is 11.0. The zero-order valence-electron chi connectivity index (χ0n) is 8.36. The summed E-state index contributed by atoms with van der Waals surface area (Å²) in [6.07, 6.45) is 0.569. The lowest BCUT2D eigenvalue weighted by Gasteiger charge is -2.03. The molecule has 0 radical (unpaired) electrons. The molecule has 0 aliphatic carbocycles. The molecule has 0 aromatic heterocycles. The molecule has 0 rings (SSSR count). The van der Waals surface area contributed by atoms with Crippen LogP contribution in [-0.4, -0.2) is 23.4 Å². The Hall–Kier alpha value is -1.57. The number of oxime groups is 1. The van der Waals surface area contributed by atoms with Gasteiger partial charge in [-0.2, -0.15) is 5.26 Å². The molecule has 5 heteroatoms. The van der Waals surface area contributed by atoms with Crippen LogP contribution in [0, 0.1) is 17.2 Å². The molecule has 0 heterocycles. The van der Waals surface area contributed by atoms with Crippen LogP contribution in [0.4, 0.5) is 0 Å². The summed E-state index contributed by atoms with van der Waals surface area (Å²) in [5.41, 5.74) is -0.00191. The maximum Gasteiger partial charge on any atom is 0.353 e. The van der Waals surface area contributed by atoms with Crippen molar-refractivity contribution in [1.29, 1.82) is 5.26 Å². The van der Waals surface area contributed by atoms with Crippen molar-refractivity contribution in [2.45, 2.75) is 26.7 Å². The summed E-state index contributed by atoms with van der Waals surface area (Å²) in [5, 5.41) is 20.4. The first kappa shape index (κ1) is 12.4. The molecule has 0 aliphatic rings. The van der Waals surface area contributed by atoms with Gasteiger partial charge in [0.15, 0.2) is 5.71 Å². The molecule has 5 nitrogen and oxygen atoms in total. The number of carboxylic acids is 1. The van der Waals surface area contributed by atoms with Crippen molar-refractivity contribution in [2.75, 3.05) is 6.61 Å². The Labute approximate surface area is 83.0 Å². The van der Waals surface area contributed by atoms with Crippen molar-refractivity contribution in [1.82, 2.24) is 0 Å². The van der Waals surface area contributed by atoms with Crippen LogP contribution < -0.4 is 0 Å². The number of nitrogens with zero attached hydrogens (tertiary/aromatic N) is 2. The lowest BCUT2D eigenvalue weighted by atomic mass is 10.1. The first-order valence-corrected chi connectivity index (χ1v) is 4.37. The Morgan fingerprint density at radius 3 is 2.71 bits per heavy atom. The normalized spacial score (nSPS) is 11.1. The largest absolute Gasteiger partial charge is 0.477 e. The smallest absolute Gasteiger partial charge is 0.353 e. The molecular formula is C9H14N2O3. The summed E-state index contributed by atoms with van der Waals surface area (Å²) >= 11 is 0. The van der Waals surface area contributed by atoms with Crippen molar-refractivity contribution < 1.29 is 14.7 Å². The predicted molar refractivity (Wildman–Crippen MR) is 50.7 cm³/mol. The number of hydrogen-bond donors (Lipinski definition) is 1. The molecule has 0 saturated heterocycles. The molecule has 1 N–H and O–H groups in total. The fraction of sp³-hybridized carbons (Fsp3) is 0.667. The molecule has 0 aromatic carbocycles. The van der Waals surface area contributed by atoms with E-state index in [1.807, 2.05) is 19.9 Å². The minimum Gasteiger partial charge on any atom is -0.477 e. The Balaban J connectivity index is 4.07. The number of nitriles is 1. The predicted octanol–water partition coefficient (Wildman–Crippen LogP) is 1.40. The number of aliphatic carboxylic acids is 1. The second-order valence-electron chi connectivity index (χ2n) is 3.18. The van der Waals surface area contributed by atoms with E-state index >= 15 is 0 Å². The summed E-state index contributed by atoms with van der Waals surface area (Å²) in [7, 11) is 0. The van der Waals surface area contributed by atoms with Gasteiger partial charge in [0.1, 0.15) is 6.61 Å². The zero-order valence-corrected chi connectivity index (χ0v) is 8.36. The van der Waals surface area contributed by atoms with E-state index in [4.69, 9.17) is 10.4 Å². The standard InChI is InChI=1S/C9H14N2O3/c1-7(2)6-8(9(12)13)11-14-5-3-4-10/h7H,3,5-6H2,1-2H3,(H,12,13)/b11-8-. The second kappa shape index (κ2) is 6.89. The summed E-state index contributed by atoms with van der Waals surface area (Å²) in [6.45, 7) is 3.92. The molecule has 0 amide bonds. The number of carbonyl (C=O) groups is 1. The quantitative estimate of drug-likeness (QED) is 0.397. The third-order valence-corrected chi connectivity index (χ3v) is 1.33.